The molecule has 7 nitrogen and oxygen atoms in total. The van der Waals surface area contributed by atoms with Gasteiger partial charge in [-0.25, -0.2) is 4.79 Å². The standard InChI is InChI=1S/C19H20N2O5/c1-10(2)20-8-11-6-16(23)18-12(4-3-5-26-18)17(11)14-7-15(22)13(19(24)25)9-21(14)20/h6-7,9-10,23H,3-5,8H2,1-2H3,(H,24,25). The maximum atomic E-state index is 12.4. The third kappa shape index (κ3) is 2.34. The summed E-state index contributed by atoms with van der Waals surface area (Å²) in [6, 6.07) is 3.14. The van der Waals surface area contributed by atoms with E-state index in [9.17, 15) is 19.8 Å². The molecule has 0 spiro atoms. The molecule has 2 aliphatic heterocycles. The summed E-state index contributed by atoms with van der Waals surface area (Å²) >= 11 is 0. The summed E-state index contributed by atoms with van der Waals surface area (Å²) in [6.45, 7) is 5.04. The molecule has 7 heteroatoms. The fraction of sp³-hybridized carbons (Fsp3) is 0.368. The first kappa shape index (κ1) is 16.5. The van der Waals surface area contributed by atoms with Gasteiger partial charge in [-0.1, -0.05) is 0 Å². The van der Waals surface area contributed by atoms with E-state index in [4.69, 9.17) is 4.74 Å². The van der Waals surface area contributed by atoms with Gasteiger partial charge < -0.3 is 20.0 Å². The SMILES string of the molecule is CC(C)N1Cc2cc(O)c3c(c2-c2cc(=O)c(C(=O)O)cn21)CCCO3. The molecule has 0 radical (unpaired) electrons. The van der Waals surface area contributed by atoms with Crippen LogP contribution in [-0.4, -0.2) is 33.5 Å². The van der Waals surface area contributed by atoms with E-state index in [1.807, 2.05) is 18.9 Å². The van der Waals surface area contributed by atoms with Crippen LogP contribution < -0.4 is 15.2 Å². The summed E-state index contributed by atoms with van der Waals surface area (Å²) < 4.78 is 7.41. The highest BCUT2D eigenvalue weighted by atomic mass is 16.5. The molecule has 0 unspecified atom stereocenters. The Labute approximate surface area is 150 Å². The average Bonchev–Trinajstić information content (AvgIpc) is 2.60. The molecule has 0 amide bonds. The van der Waals surface area contributed by atoms with Crippen LogP contribution in [0, 0.1) is 0 Å². The monoisotopic (exact) mass is 356 g/mol. The molecule has 136 valence electrons. The second-order valence-electron chi connectivity index (χ2n) is 6.97. The van der Waals surface area contributed by atoms with Gasteiger partial charge in [-0.3, -0.25) is 9.47 Å². The lowest BCUT2D eigenvalue weighted by molar-refractivity contribution is 0.0694. The zero-order chi connectivity index (χ0) is 18.6. The summed E-state index contributed by atoms with van der Waals surface area (Å²) in [5, 5.41) is 21.7. The second-order valence-corrected chi connectivity index (χ2v) is 6.97. The zero-order valence-electron chi connectivity index (χ0n) is 14.7. The quantitative estimate of drug-likeness (QED) is 0.856. The van der Waals surface area contributed by atoms with E-state index in [0.717, 1.165) is 29.5 Å². The number of fused-ring (bicyclic) bond motifs is 5. The smallest absolute Gasteiger partial charge is 0.341 e. The van der Waals surface area contributed by atoms with Gasteiger partial charge in [0, 0.05) is 29.4 Å². The number of carboxylic acids is 1. The Morgan fingerprint density at radius 2 is 2.08 bits per heavy atom. The number of pyridine rings is 1. The predicted octanol–water partition coefficient (Wildman–Crippen LogP) is 2.10. The highest BCUT2D eigenvalue weighted by Gasteiger charge is 2.31. The van der Waals surface area contributed by atoms with Crippen molar-refractivity contribution in [1.29, 1.82) is 0 Å². The largest absolute Gasteiger partial charge is 0.504 e. The van der Waals surface area contributed by atoms with Crippen molar-refractivity contribution >= 4 is 5.97 Å². The fourth-order valence-electron chi connectivity index (χ4n) is 3.80. The van der Waals surface area contributed by atoms with E-state index in [-0.39, 0.29) is 17.4 Å². The summed E-state index contributed by atoms with van der Waals surface area (Å²) in [5.41, 5.74) is 2.50. The number of phenolic OH excluding ortho intramolecular Hbond substituents is 1. The van der Waals surface area contributed by atoms with Gasteiger partial charge in [-0.2, -0.15) is 0 Å². The first-order valence-corrected chi connectivity index (χ1v) is 8.66. The second kappa shape index (κ2) is 5.79. The lowest BCUT2D eigenvalue weighted by atomic mass is 9.90. The van der Waals surface area contributed by atoms with Crippen molar-refractivity contribution in [3.05, 3.63) is 45.2 Å². The van der Waals surface area contributed by atoms with Gasteiger partial charge in [0.1, 0.15) is 5.56 Å². The van der Waals surface area contributed by atoms with Crippen LogP contribution in [0.1, 0.15) is 41.8 Å². The third-order valence-electron chi connectivity index (χ3n) is 4.98. The van der Waals surface area contributed by atoms with E-state index >= 15 is 0 Å². The number of hydrogen-bond donors (Lipinski definition) is 2. The first-order chi connectivity index (χ1) is 12.4. The molecule has 0 bridgehead atoms. The van der Waals surface area contributed by atoms with E-state index in [0.29, 0.717) is 24.6 Å². The van der Waals surface area contributed by atoms with Gasteiger partial charge in [0.15, 0.2) is 16.9 Å². The average molecular weight is 356 g/mol. The van der Waals surface area contributed by atoms with Crippen molar-refractivity contribution in [1.82, 2.24) is 4.68 Å². The van der Waals surface area contributed by atoms with Crippen molar-refractivity contribution in [2.45, 2.75) is 39.3 Å². The number of carboxylic acid groups (broad SMARTS) is 1. The maximum absolute atomic E-state index is 12.4. The molecule has 4 rings (SSSR count). The van der Waals surface area contributed by atoms with Crippen molar-refractivity contribution in [2.24, 2.45) is 0 Å². The van der Waals surface area contributed by atoms with Crippen LogP contribution in [0.2, 0.25) is 0 Å². The topological polar surface area (TPSA) is 92.0 Å². The molecule has 0 saturated carbocycles. The number of ether oxygens (including phenoxy) is 1. The third-order valence-corrected chi connectivity index (χ3v) is 4.98. The molecule has 1 aromatic heterocycles. The number of aromatic hydroxyl groups is 1. The number of carbonyl (C=O) groups is 1. The van der Waals surface area contributed by atoms with Crippen molar-refractivity contribution in [2.75, 3.05) is 11.6 Å². The molecule has 0 aliphatic carbocycles. The molecule has 26 heavy (non-hydrogen) atoms. The number of phenols is 1. The lowest BCUT2D eigenvalue weighted by Crippen LogP contribution is -2.44. The van der Waals surface area contributed by atoms with Crippen molar-refractivity contribution in [3.63, 3.8) is 0 Å². The molecule has 0 atom stereocenters. The Hall–Kier alpha value is -2.96. The highest BCUT2D eigenvalue weighted by molar-refractivity contribution is 5.88. The van der Waals surface area contributed by atoms with Crippen LogP contribution in [0.4, 0.5) is 0 Å². The molecule has 3 heterocycles. The van der Waals surface area contributed by atoms with Crippen LogP contribution >= 0.6 is 0 Å². The van der Waals surface area contributed by atoms with Crippen LogP contribution in [0.15, 0.2) is 23.1 Å². The fourth-order valence-corrected chi connectivity index (χ4v) is 3.80. The van der Waals surface area contributed by atoms with Crippen molar-refractivity contribution < 1.29 is 19.7 Å². The van der Waals surface area contributed by atoms with E-state index in [2.05, 4.69) is 0 Å². The van der Waals surface area contributed by atoms with E-state index in [1.165, 1.54) is 12.3 Å². The first-order valence-electron chi connectivity index (χ1n) is 8.66. The maximum Gasteiger partial charge on any atom is 0.341 e. The molecule has 2 aliphatic rings. The van der Waals surface area contributed by atoms with Gasteiger partial charge in [0.2, 0.25) is 0 Å². The molecular formula is C19H20N2O5. The molecular weight excluding hydrogens is 336 g/mol. The van der Waals surface area contributed by atoms with E-state index < -0.39 is 11.4 Å². The van der Waals surface area contributed by atoms with E-state index in [1.54, 1.807) is 10.7 Å². The lowest BCUT2D eigenvalue weighted by Gasteiger charge is -2.39. The summed E-state index contributed by atoms with van der Waals surface area (Å²) in [7, 11) is 0. The Morgan fingerprint density at radius 3 is 2.77 bits per heavy atom. The number of hydrogen-bond acceptors (Lipinski definition) is 5. The van der Waals surface area contributed by atoms with Gasteiger partial charge >= 0.3 is 5.97 Å². The molecule has 1 aromatic carbocycles. The minimum absolute atomic E-state index is 0.0699. The number of nitrogens with zero attached hydrogens (tertiary/aromatic N) is 2. The Morgan fingerprint density at radius 1 is 1.31 bits per heavy atom. The number of rotatable bonds is 2. The Kier molecular flexibility index (Phi) is 3.68. The van der Waals surface area contributed by atoms with Crippen LogP contribution in [0.5, 0.6) is 11.5 Å². The molecule has 2 aromatic rings. The van der Waals surface area contributed by atoms with Gasteiger partial charge in [0.05, 0.1) is 18.8 Å². The van der Waals surface area contributed by atoms with Gasteiger partial charge in [-0.05, 0) is 38.3 Å². The summed E-state index contributed by atoms with van der Waals surface area (Å²) in [5.74, 6) is -0.662. The molecule has 0 saturated heterocycles. The Bertz CT molecular complexity index is 977. The minimum atomic E-state index is -1.24. The van der Waals surface area contributed by atoms with Gasteiger partial charge in [-0.15, -0.1) is 0 Å². The van der Waals surface area contributed by atoms with Crippen LogP contribution in [0.25, 0.3) is 11.3 Å². The van der Waals surface area contributed by atoms with Crippen molar-refractivity contribution in [3.8, 4) is 22.8 Å². The minimum Gasteiger partial charge on any atom is -0.504 e. The highest BCUT2D eigenvalue weighted by Crippen LogP contribution is 2.44. The normalized spacial score (nSPS) is 15.1. The van der Waals surface area contributed by atoms with Crippen LogP contribution in [-0.2, 0) is 13.0 Å². The predicted molar refractivity (Wildman–Crippen MR) is 95.6 cm³/mol. The molecule has 0 fully saturated rings. The number of benzene rings is 1. The van der Waals surface area contributed by atoms with Crippen LogP contribution in [0.3, 0.4) is 0 Å². The summed E-state index contributed by atoms with van der Waals surface area (Å²) in [6.07, 6.45) is 2.96. The zero-order valence-corrected chi connectivity index (χ0v) is 14.7. The molecule has 2 N–H and O–H groups in total. The summed E-state index contributed by atoms with van der Waals surface area (Å²) in [4.78, 5) is 23.8. The number of aromatic nitrogens is 1. The van der Waals surface area contributed by atoms with Gasteiger partial charge in [0.25, 0.3) is 0 Å². The Balaban J connectivity index is 2.05. The number of aromatic carboxylic acids is 1.